The molecule has 0 saturated carbocycles. The smallest absolute Gasteiger partial charge is 0.256 e. The van der Waals surface area contributed by atoms with Crippen molar-refractivity contribution >= 4 is 11.8 Å². The monoisotopic (exact) mass is 254 g/mol. The summed E-state index contributed by atoms with van der Waals surface area (Å²) in [5.74, 6) is 1.53. The van der Waals surface area contributed by atoms with Crippen molar-refractivity contribution in [2.75, 3.05) is 0 Å². The lowest BCUT2D eigenvalue weighted by atomic mass is 10.1. The summed E-state index contributed by atoms with van der Waals surface area (Å²) in [6, 6.07) is 0. The number of aryl methyl sites for hydroxylation is 1. The first-order valence-electron chi connectivity index (χ1n) is 5.12. The lowest BCUT2D eigenvalue weighted by Crippen LogP contribution is -2.30. The molecule has 0 fully saturated rings. The fourth-order valence-electron chi connectivity index (χ4n) is 1.10. The van der Waals surface area contributed by atoms with Crippen molar-refractivity contribution in [1.29, 1.82) is 0 Å². The van der Waals surface area contributed by atoms with Crippen molar-refractivity contribution in [3.8, 4) is 0 Å². The molecule has 7 heteroatoms. The summed E-state index contributed by atoms with van der Waals surface area (Å²) in [5.41, 5.74) is 6.12. The van der Waals surface area contributed by atoms with Gasteiger partial charge in [-0.1, -0.05) is 16.9 Å². The van der Waals surface area contributed by atoms with Crippen molar-refractivity contribution in [3.05, 3.63) is 23.7 Å². The summed E-state index contributed by atoms with van der Waals surface area (Å²) in [5, 5.41) is 4.42. The highest BCUT2D eigenvalue weighted by molar-refractivity contribution is 7.98. The number of nitrogens with zero attached hydrogens (tertiary/aromatic N) is 3. The Morgan fingerprint density at radius 2 is 2.18 bits per heavy atom. The van der Waals surface area contributed by atoms with Crippen molar-refractivity contribution in [2.45, 2.75) is 37.3 Å². The van der Waals surface area contributed by atoms with Gasteiger partial charge in [0.25, 0.3) is 5.22 Å². The third-order valence-corrected chi connectivity index (χ3v) is 2.79. The molecule has 2 aromatic heterocycles. The molecule has 0 spiro atoms. The van der Waals surface area contributed by atoms with Gasteiger partial charge in [-0.25, -0.2) is 4.98 Å². The largest absolute Gasteiger partial charge is 0.440 e. The van der Waals surface area contributed by atoms with Crippen LogP contribution in [-0.4, -0.2) is 15.1 Å². The van der Waals surface area contributed by atoms with Gasteiger partial charge in [0.2, 0.25) is 5.89 Å². The zero-order valence-corrected chi connectivity index (χ0v) is 10.7. The van der Waals surface area contributed by atoms with Crippen LogP contribution in [0.4, 0.5) is 0 Å². The topological polar surface area (TPSA) is 91.0 Å². The molecule has 2 N–H and O–H groups in total. The number of nitrogens with two attached hydrogens (primary N) is 1. The fourth-order valence-corrected chi connectivity index (χ4v) is 1.79. The summed E-state index contributed by atoms with van der Waals surface area (Å²) >= 11 is 1.40. The molecular formula is C10H14N4O2S. The van der Waals surface area contributed by atoms with Crippen molar-refractivity contribution in [3.63, 3.8) is 0 Å². The molecule has 0 aromatic carbocycles. The molecule has 0 bridgehead atoms. The van der Waals surface area contributed by atoms with Gasteiger partial charge < -0.3 is 14.7 Å². The second kappa shape index (κ2) is 4.50. The highest BCUT2D eigenvalue weighted by Gasteiger charge is 2.21. The van der Waals surface area contributed by atoms with Gasteiger partial charge in [-0.3, -0.25) is 0 Å². The van der Waals surface area contributed by atoms with Gasteiger partial charge >= 0.3 is 0 Å². The predicted octanol–water partition coefficient (Wildman–Crippen LogP) is 1.85. The van der Waals surface area contributed by atoms with E-state index in [9.17, 15) is 0 Å². The second-order valence-electron chi connectivity index (χ2n) is 4.28. The normalized spacial score (nSPS) is 12.0. The maximum Gasteiger partial charge on any atom is 0.256 e. The summed E-state index contributed by atoms with van der Waals surface area (Å²) in [6.07, 6.45) is 1.60. The van der Waals surface area contributed by atoms with E-state index in [1.165, 1.54) is 11.8 Å². The molecule has 0 aliphatic rings. The van der Waals surface area contributed by atoms with Crippen LogP contribution in [0.3, 0.4) is 0 Å². The number of hydrogen-bond acceptors (Lipinski definition) is 7. The van der Waals surface area contributed by atoms with Crippen LogP contribution in [0.25, 0.3) is 0 Å². The van der Waals surface area contributed by atoms with E-state index in [0.29, 0.717) is 22.7 Å². The summed E-state index contributed by atoms with van der Waals surface area (Å²) < 4.78 is 10.3. The van der Waals surface area contributed by atoms with Gasteiger partial charge in [0.1, 0.15) is 6.26 Å². The lowest BCUT2D eigenvalue weighted by molar-refractivity contribution is 0.369. The molecule has 92 valence electrons. The van der Waals surface area contributed by atoms with E-state index in [4.69, 9.17) is 14.7 Å². The Balaban J connectivity index is 1.98. The maximum atomic E-state index is 5.86. The number of aromatic nitrogens is 3. The van der Waals surface area contributed by atoms with Gasteiger partial charge in [0.15, 0.2) is 5.82 Å². The predicted molar refractivity (Wildman–Crippen MR) is 62.3 cm³/mol. The summed E-state index contributed by atoms with van der Waals surface area (Å²) in [4.78, 5) is 8.37. The van der Waals surface area contributed by atoms with Crippen LogP contribution in [0.2, 0.25) is 0 Å². The zero-order chi connectivity index (χ0) is 12.5. The molecule has 0 saturated heterocycles. The van der Waals surface area contributed by atoms with Crippen LogP contribution < -0.4 is 5.73 Å². The average Bonchev–Trinajstić information content (AvgIpc) is 2.82. The minimum atomic E-state index is -0.591. The van der Waals surface area contributed by atoms with Gasteiger partial charge in [-0.05, 0) is 20.8 Å². The van der Waals surface area contributed by atoms with Gasteiger partial charge in [0.05, 0.1) is 17.0 Å². The molecule has 0 aliphatic carbocycles. The third-order valence-electron chi connectivity index (χ3n) is 1.96. The molecule has 0 radical (unpaired) electrons. The first kappa shape index (κ1) is 12.1. The first-order chi connectivity index (χ1) is 7.95. The number of hydrogen-bond donors (Lipinski definition) is 1. The standard InChI is InChI=1S/C10H14N4O2S/c1-6-4-15-9(12-6)17-5-7-13-8(14-16-7)10(2,3)11/h4H,5,11H2,1-3H3. The Morgan fingerprint density at radius 3 is 2.71 bits per heavy atom. The number of thioether (sulfide) groups is 1. The van der Waals surface area contributed by atoms with Crippen LogP contribution in [0.1, 0.15) is 31.3 Å². The van der Waals surface area contributed by atoms with E-state index in [1.54, 1.807) is 6.26 Å². The third kappa shape index (κ3) is 3.07. The molecule has 2 heterocycles. The summed E-state index contributed by atoms with van der Waals surface area (Å²) in [7, 11) is 0. The van der Waals surface area contributed by atoms with E-state index >= 15 is 0 Å². The molecule has 0 atom stereocenters. The Hall–Kier alpha value is -1.34. The van der Waals surface area contributed by atoms with Crippen LogP contribution in [0.15, 0.2) is 20.4 Å². The van der Waals surface area contributed by atoms with Gasteiger partial charge in [-0.15, -0.1) is 0 Å². The Labute approximate surface area is 103 Å². The maximum absolute atomic E-state index is 5.86. The Morgan fingerprint density at radius 1 is 1.41 bits per heavy atom. The minimum absolute atomic E-state index is 0.497. The van der Waals surface area contributed by atoms with Crippen LogP contribution >= 0.6 is 11.8 Å². The molecule has 0 amide bonds. The average molecular weight is 254 g/mol. The molecule has 0 unspecified atom stereocenters. The van der Waals surface area contributed by atoms with Gasteiger partial charge in [-0.2, -0.15) is 4.98 Å². The first-order valence-corrected chi connectivity index (χ1v) is 6.10. The molecule has 2 rings (SSSR count). The Kier molecular flexibility index (Phi) is 3.21. The number of rotatable bonds is 4. The van der Waals surface area contributed by atoms with Crippen LogP contribution in [0.5, 0.6) is 0 Å². The Bertz CT molecular complexity index is 500. The van der Waals surface area contributed by atoms with E-state index < -0.39 is 5.54 Å². The fraction of sp³-hybridized carbons (Fsp3) is 0.500. The summed E-state index contributed by atoms with van der Waals surface area (Å²) in [6.45, 7) is 5.52. The van der Waals surface area contributed by atoms with E-state index in [0.717, 1.165) is 5.69 Å². The molecule has 6 nitrogen and oxygen atoms in total. The SMILES string of the molecule is Cc1coc(SCc2nc(C(C)(C)N)no2)n1. The number of oxazole rings is 1. The quantitative estimate of drug-likeness (QED) is 0.832. The highest BCUT2D eigenvalue weighted by Crippen LogP contribution is 2.22. The second-order valence-corrected chi connectivity index (χ2v) is 5.20. The lowest BCUT2D eigenvalue weighted by Gasteiger charge is -2.11. The van der Waals surface area contributed by atoms with E-state index in [-0.39, 0.29) is 0 Å². The van der Waals surface area contributed by atoms with E-state index in [1.807, 2.05) is 20.8 Å². The highest BCUT2D eigenvalue weighted by atomic mass is 32.2. The van der Waals surface area contributed by atoms with Crippen molar-refractivity contribution in [1.82, 2.24) is 15.1 Å². The molecule has 0 aliphatic heterocycles. The van der Waals surface area contributed by atoms with Crippen LogP contribution in [-0.2, 0) is 11.3 Å². The molecular weight excluding hydrogens is 240 g/mol. The van der Waals surface area contributed by atoms with E-state index in [2.05, 4.69) is 15.1 Å². The molecule has 2 aromatic rings. The van der Waals surface area contributed by atoms with Crippen molar-refractivity contribution in [2.24, 2.45) is 5.73 Å². The minimum Gasteiger partial charge on any atom is -0.440 e. The molecule has 17 heavy (non-hydrogen) atoms. The van der Waals surface area contributed by atoms with Crippen molar-refractivity contribution < 1.29 is 8.94 Å². The van der Waals surface area contributed by atoms with Crippen LogP contribution in [0, 0.1) is 6.92 Å². The zero-order valence-electron chi connectivity index (χ0n) is 9.93. The van der Waals surface area contributed by atoms with Gasteiger partial charge in [0, 0.05) is 0 Å².